The van der Waals surface area contributed by atoms with Crippen LogP contribution in [0.1, 0.15) is 18.4 Å². The van der Waals surface area contributed by atoms with Crippen molar-refractivity contribution in [2.24, 2.45) is 5.92 Å². The van der Waals surface area contributed by atoms with Gasteiger partial charge >= 0.3 is 0 Å². The van der Waals surface area contributed by atoms with Crippen molar-refractivity contribution in [2.45, 2.75) is 19.3 Å². The van der Waals surface area contributed by atoms with Gasteiger partial charge in [-0.25, -0.2) is 0 Å². The molecule has 2 rings (SSSR count). The zero-order chi connectivity index (χ0) is 10.3. The van der Waals surface area contributed by atoms with E-state index in [4.69, 9.17) is 4.74 Å². The molecule has 1 aliphatic rings. The highest BCUT2D eigenvalue weighted by Crippen LogP contribution is 2.12. The Hall–Kier alpha value is -0.380. The van der Waals surface area contributed by atoms with E-state index in [1.165, 1.54) is 18.4 Å². The summed E-state index contributed by atoms with van der Waals surface area (Å²) < 4.78 is 5.45. The highest BCUT2D eigenvalue weighted by molar-refractivity contribution is 7.07. The van der Waals surface area contributed by atoms with Crippen LogP contribution in [0.25, 0.3) is 0 Å². The Labute approximate surface area is 95.6 Å². The number of thiophene rings is 1. The largest absolute Gasteiger partial charge is 0.381 e. The van der Waals surface area contributed by atoms with E-state index in [0.29, 0.717) is 0 Å². The number of nitrogens with one attached hydrogen (secondary N) is 1. The Bertz CT molecular complexity index is 255. The molecule has 2 nitrogen and oxygen atoms in total. The fourth-order valence-electron chi connectivity index (χ4n) is 1.94. The summed E-state index contributed by atoms with van der Waals surface area (Å²) in [5.74, 6) is 0.737. The molecule has 1 unspecified atom stereocenters. The Kier molecular flexibility index (Phi) is 4.64. The number of ether oxygens (including phenoxy) is 1. The molecule has 1 aliphatic heterocycles. The third-order valence-electron chi connectivity index (χ3n) is 2.86. The third-order valence-corrected chi connectivity index (χ3v) is 3.59. The molecule has 0 saturated carbocycles. The summed E-state index contributed by atoms with van der Waals surface area (Å²) in [7, 11) is 0. The number of hydrogen-bond donors (Lipinski definition) is 1. The van der Waals surface area contributed by atoms with E-state index >= 15 is 0 Å². The maximum absolute atomic E-state index is 5.45. The van der Waals surface area contributed by atoms with Crippen LogP contribution in [0, 0.1) is 5.92 Å². The smallest absolute Gasteiger partial charge is 0.0506 e. The second kappa shape index (κ2) is 6.26. The fraction of sp³-hybridized carbons (Fsp3) is 0.667. The molecule has 1 saturated heterocycles. The lowest BCUT2D eigenvalue weighted by atomic mass is 10.0. The highest BCUT2D eigenvalue weighted by Gasteiger charge is 2.12. The summed E-state index contributed by atoms with van der Waals surface area (Å²) >= 11 is 1.78. The lowest BCUT2D eigenvalue weighted by Gasteiger charge is -2.22. The van der Waals surface area contributed by atoms with E-state index in [2.05, 4.69) is 22.1 Å². The minimum atomic E-state index is 0.737. The van der Waals surface area contributed by atoms with Crippen molar-refractivity contribution in [1.82, 2.24) is 5.32 Å². The first-order valence-electron chi connectivity index (χ1n) is 5.74. The standard InChI is InChI=1S/C12H19NOS/c1-2-12(9-14-6-1)8-13-5-3-11-4-7-15-10-11/h4,7,10,12-13H,1-3,5-6,8-9H2. The van der Waals surface area contributed by atoms with E-state index in [0.717, 1.165) is 38.6 Å². The molecule has 3 heteroatoms. The molecule has 2 heterocycles. The van der Waals surface area contributed by atoms with Crippen molar-refractivity contribution >= 4 is 11.3 Å². The lowest BCUT2D eigenvalue weighted by Crippen LogP contribution is -2.30. The van der Waals surface area contributed by atoms with Crippen LogP contribution >= 0.6 is 11.3 Å². The molecule has 0 aliphatic carbocycles. The summed E-state index contributed by atoms with van der Waals surface area (Å²) in [6.45, 7) is 4.12. The normalized spacial score (nSPS) is 21.7. The topological polar surface area (TPSA) is 21.3 Å². The highest BCUT2D eigenvalue weighted by atomic mass is 32.1. The first-order chi connectivity index (χ1) is 7.45. The number of rotatable bonds is 5. The van der Waals surface area contributed by atoms with E-state index in [1.54, 1.807) is 11.3 Å². The van der Waals surface area contributed by atoms with Gasteiger partial charge in [-0.2, -0.15) is 11.3 Å². The van der Waals surface area contributed by atoms with Crippen LogP contribution in [0.2, 0.25) is 0 Å². The Morgan fingerprint density at radius 3 is 3.27 bits per heavy atom. The van der Waals surface area contributed by atoms with Gasteiger partial charge in [-0.1, -0.05) is 0 Å². The van der Waals surface area contributed by atoms with Crippen LogP contribution in [-0.4, -0.2) is 26.3 Å². The molecule has 0 radical (unpaired) electrons. The summed E-state index contributed by atoms with van der Waals surface area (Å²) in [6, 6.07) is 2.20. The third kappa shape index (κ3) is 3.93. The molecule has 1 atom stereocenters. The van der Waals surface area contributed by atoms with Crippen LogP contribution in [-0.2, 0) is 11.2 Å². The van der Waals surface area contributed by atoms with E-state index in [9.17, 15) is 0 Å². The number of hydrogen-bond acceptors (Lipinski definition) is 3. The quantitative estimate of drug-likeness (QED) is 0.776. The van der Waals surface area contributed by atoms with Crippen molar-refractivity contribution in [3.63, 3.8) is 0 Å². The van der Waals surface area contributed by atoms with Gasteiger partial charge in [0.05, 0.1) is 6.61 Å². The van der Waals surface area contributed by atoms with E-state index in [-0.39, 0.29) is 0 Å². The summed E-state index contributed by atoms with van der Waals surface area (Å²) in [6.07, 6.45) is 3.71. The van der Waals surface area contributed by atoms with Crippen LogP contribution < -0.4 is 5.32 Å². The Morgan fingerprint density at radius 2 is 2.53 bits per heavy atom. The maximum atomic E-state index is 5.45. The lowest BCUT2D eigenvalue weighted by molar-refractivity contribution is 0.0550. The van der Waals surface area contributed by atoms with Gasteiger partial charge in [-0.15, -0.1) is 0 Å². The first-order valence-corrected chi connectivity index (χ1v) is 6.69. The van der Waals surface area contributed by atoms with Crippen molar-refractivity contribution < 1.29 is 4.74 Å². The van der Waals surface area contributed by atoms with Gasteiger partial charge in [-0.3, -0.25) is 0 Å². The SMILES string of the molecule is c1cc(CCNCC2CCCOC2)cs1. The van der Waals surface area contributed by atoms with Crippen LogP contribution in [0.3, 0.4) is 0 Å². The molecule has 1 aromatic heterocycles. The molecule has 1 fully saturated rings. The van der Waals surface area contributed by atoms with E-state index in [1.807, 2.05) is 0 Å². The van der Waals surface area contributed by atoms with Crippen molar-refractivity contribution in [1.29, 1.82) is 0 Å². The summed E-state index contributed by atoms with van der Waals surface area (Å²) in [5.41, 5.74) is 1.45. The zero-order valence-electron chi connectivity index (χ0n) is 9.08. The zero-order valence-corrected chi connectivity index (χ0v) is 9.89. The molecule has 1 aromatic rings. The molecule has 1 N–H and O–H groups in total. The predicted molar refractivity (Wildman–Crippen MR) is 64.4 cm³/mol. The van der Waals surface area contributed by atoms with Crippen LogP contribution in [0.4, 0.5) is 0 Å². The van der Waals surface area contributed by atoms with Gasteiger partial charge < -0.3 is 10.1 Å². The van der Waals surface area contributed by atoms with Crippen molar-refractivity contribution in [2.75, 3.05) is 26.3 Å². The van der Waals surface area contributed by atoms with Gasteiger partial charge in [0.25, 0.3) is 0 Å². The van der Waals surface area contributed by atoms with Gasteiger partial charge in [0, 0.05) is 13.2 Å². The molecule has 0 spiro atoms. The minimum Gasteiger partial charge on any atom is -0.381 e. The van der Waals surface area contributed by atoms with Gasteiger partial charge in [-0.05, 0) is 54.1 Å². The van der Waals surface area contributed by atoms with Crippen LogP contribution in [0.15, 0.2) is 16.8 Å². The van der Waals surface area contributed by atoms with Crippen molar-refractivity contribution in [3.8, 4) is 0 Å². The second-order valence-corrected chi connectivity index (χ2v) is 4.95. The van der Waals surface area contributed by atoms with E-state index < -0.39 is 0 Å². The summed E-state index contributed by atoms with van der Waals surface area (Å²) in [5, 5.41) is 7.89. The molecule has 15 heavy (non-hydrogen) atoms. The predicted octanol–water partition coefficient (Wildman–Crippen LogP) is 2.31. The van der Waals surface area contributed by atoms with Crippen molar-refractivity contribution in [3.05, 3.63) is 22.4 Å². The molecule has 84 valence electrons. The average Bonchev–Trinajstić information content (AvgIpc) is 2.79. The molecular formula is C12H19NOS. The Morgan fingerprint density at radius 1 is 1.53 bits per heavy atom. The van der Waals surface area contributed by atoms with Gasteiger partial charge in [0.2, 0.25) is 0 Å². The van der Waals surface area contributed by atoms with Gasteiger partial charge in [0.15, 0.2) is 0 Å². The second-order valence-electron chi connectivity index (χ2n) is 4.17. The summed E-state index contributed by atoms with van der Waals surface area (Å²) in [4.78, 5) is 0. The molecular weight excluding hydrogens is 206 g/mol. The van der Waals surface area contributed by atoms with Gasteiger partial charge in [0.1, 0.15) is 0 Å². The Balaban J connectivity index is 1.54. The fourth-order valence-corrected chi connectivity index (χ4v) is 2.65. The maximum Gasteiger partial charge on any atom is 0.0506 e. The average molecular weight is 225 g/mol. The molecule has 0 aromatic carbocycles. The minimum absolute atomic E-state index is 0.737. The molecule has 0 amide bonds. The molecule has 0 bridgehead atoms. The first kappa shape index (κ1) is 11.1. The van der Waals surface area contributed by atoms with Crippen LogP contribution in [0.5, 0.6) is 0 Å². The monoisotopic (exact) mass is 225 g/mol.